The molecule has 0 aromatic carbocycles. The van der Waals surface area contributed by atoms with Crippen molar-refractivity contribution >= 4 is 5.91 Å². The molecule has 0 unspecified atom stereocenters. The molecule has 7 nitrogen and oxygen atoms in total. The number of nitrogens with one attached hydrogen (secondary N) is 2. The van der Waals surface area contributed by atoms with Gasteiger partial charge >= 0.3 is 0 Å². The number of ether oxygens (including phenoxy) is 1. The number of aromatic nitrogens is 2. The first-order chi connectivity index (χ1) is 8.13. The molecule has 17 heavy (non-hydrogen) atoms. The van der Waals surface area contributed by atoms with Gasteiger partial charge in [0.1, 0.15) is 6.61 Å². The van der Waals surface area contributed by atoms with E-state index < -0.39 is 0 Å². The van der Waals surface area contributed by atoms with Crippen molar-refractivity contribution in [1.29, 1.82) is 0 Å². The fourth-order valence-corrected chi connectivity index (χ4v) is 1.46. The highest BCUT2D eigenvalue weighted by Crippen LogP contribution is 2.17. The highest BCUT2D eigenvalue weighted by atomic mass is 16.5. The SMILES string of the molecule is CCNC(=O)c1noc(COC2(C)CNC2)n1. The Kier molecular flexibility index (Phi) is 3.39. The maximum Gasteiger partial charge on any atom is 0.292 e. The topological polar surface area (TPSA) is 89.3 Å². The van der Waals surface area contributed by atoms with Gasteiger partial charge in [-0.15, -0.1) is 0 Å². The lowest BCUT2D eigenvalue weighted by Gasteiger charge is -2.38. The normalized spacial score (nSPS) is 17.5. The average Bonchev–Trinajstić information content (AvgIpc) is 2.73. The predicted molar refractivity (Wildman–Crippen MR) is 58.4 cm³/mol. The fraction of sp³-hybridized carbons (Fsp3) is 0.700. The van der Waals surface area contributed by atoms with E-state index in [1.165, 1.54) is 0 Å². The zero-order valence-electron chi connectivity index (χ0n) is 9.95. The summed E-state index contributed by atoms with van der Waals surface area (Å²) in [5, 5.41) is 9.30. The van der Waals surface area contributed by atoms with Crippen molar-refractivity contribution in [3.63, 3.8) is 0 Å². The van der Waals surface area contributed by atoms with E-state index in [2.05, 4.69) is 20.8 Å². The van der Waals surface area contributed by atoms with Gasteiger partial charge in [0.05, 0.1) is 5.60 Å². The summed E-state index contributed by atoms with van der Waals surface area (Å²) in [5.41, 5.74) is -0.166. The molecule has 2 rings (SSSR count). The predicted octanol–water partition coefficient (Wildman–Crippen LogP) is -0.302. The van der Waals surface area contributed by atoms with Crippen molar-refractivity contribution in [2.45, 2.75) is 26.1 Å². The summed E-state index contributed by atoms with van der Waals surface area (Å²) in [6, 6.07) is 0. The Morgan fingerprint density at radius 2 is 2.41 bits per heavy atom. The zero-order valence-corrected chi connectivity index (χ0v) is 9.95. The number of nitrogens with zero attached hydrogens (tertiary/aromatic N) is 2. The third-order valence-corrected chi connectivity index (χ3v) is 2.55. The van der Waals surface area contributed by atoms with E-state index in [1.54, 1.807) is 0 Å². The van der Waals surface area contributed by atoms with Gasteiger partial charge in [-0.3, -0.25) is 4.79 Å². The molecule has 1 aliphatic heterocycles. The third-order valence-electron chi connectivity index (χ3n) is 2.55. The Balaban J connectivity index is 1.87. The first kappa shape index (κ1) is 12.0. The summed E-state index contributed by atoms with van der Waals surface area (Å²) >= 11 is 0. The summed E-state index contributed by atoms with van der Waals surface area (Å²) in [6.45, 7) is 6.21. The second-order valence-electron chi connectivity index (χ2n) is 4.21. The van der Waals surface area contributed by atoms with Crippen LogP contribution < -0.4 is 10.6 Å². The number of hydrogen-bond acceptors (Lipinski definition) is 6. The molecule has 1 aromatic heterocycles. The number of rotatable bonds is 5. The molecule has 0 radical (unpaired) electrons. The van der Waals surface area contributed by atoms with Crippen molar-refractivity contribution in [3.8, 4) is 0 Å². The van der Waals surface area contributed by atoms with Crippen LogP contribution in [0.1, 0.15) is 30.4 Å². The van der Waals surface area contributed by atoms with E-state index in [-0.39, 0.29) is 23.9 Å². The van der Waals surface area contributed by atoms with E-state index in [9.17, 15) is 4.79 Å². The number of hydrogen-bond donors (Lipinski definition) is 2. The van der Waals surface area contributed by atoms with Crippen LogP contribution in [0, 0.1) is 0 Å². The van der Waals surface area contributed by atoms with Gasteiger partial charge in [0.15, 0.2) is 0 Å². The van der Waals surface area contributed by atoms with E-state index in [0.717, 1.165) is 13.1 Å². The Bertz CT molecular complexity index is 400. The van der Waals surface area contributed by atoms with Crippen molar-refractivity contribution in [3.05, 3.63) is 11.7 Å². The minimum atomic E-state index is -0.334. The van der Waals surface area contributed by atoms with Crippen molar-refractivity contribution < 1.29 is 14.1 Å². The van der Waals surface area contributed by atoms with E-state index in [0.29, 0.717) is 12.4 Å². The van der Waals surface area contributed by atoms with Crippen molar-refractivity contribution in [2.75, 3.05) is 19.6 Å². The lowest BCUT2D eigenvalue weighted by atomic mass is 10.0. The van der Waals surface area contributed by atoms with E-state index >= 15 is 0 Å². The molecule has 1 fully saturated rings. The lowest BCUT2D eigenvalue weighted by molar-refractivity contribution is -0.0841. The van der Waals surface area contributed by atoms with Crippen molar-refractivity contribution in [2.24, 2.45) is 0 Å². The Hall–Kier alpha value is -1.47. The minimum absolute atomic E-state index is 0.0438. The van der Waals surface area contributed by atoms with E-state index in [1.807, 2.05) is 13.8 Å². The molecule has 0 saturated carbocycles. The molecule has 2 heterocycles. The molecule has 0 aliphatic carbocycles. The quantitative estimate of drug-likeness (QED) is 0.734. The van der Waals surface area contributed by atoms with Crippen LogP contribution in [-0.4, -0.2) is 41.3 Å². The highest BCUT2D eigenvalue weighted by Gasteiger charge is 2.33. The molecule has 94 valence electrons. The van der Waals surface area contributed by atoms with Gasteiger partial charge in [-0.05, 0) is 13.8 Å². The van der Waals surface area contributed by atoms with Gasteiger partial charge in [-0.1, -0.05) is 5.16 Å². The molecular formula is C10H16N4O3. The standard InChI is InChI=1S/C10H16N4O3/c1-3-12-9(15)8-13-7(17-14-8)4-16-10(2)5-11-6-10/h11H,3-6H2,1-2H3,(H,12,15). The Morgan fingerprint density at radius 1 is 1.65 bits per heavy atom. The smallest absolute Gasteiger partial charge is 0.292 e. The van der Waals surface area contributed by atoms with Crippen molar-refractivity contribution in [1.82, 2.24) is 20.8 Å². The van der Waals surface area contributed by atoms with Crippen LogP contribution in [0.5, 0.6) is 0 Å². The summed E-state index contributed by atoms with van der Waals surface area (Å²) in [4.78, 5) is 15.3. The summed E-state index contributed by atoms with van der Waals surface area (Å²) in [7, 11) is 0. The second-order valence-corrected chi connectivity index (χ2v) is 4.21. The van der Waals surface area contributed by atoms with Crippen LogP contribution in [0.25, 0.3) is 0 Å². The first-order valence-corrected chi connectivity index (χ1v) is 5.58. The summed E-state index contributed by atoms with van der Waals surface area (Å²) in [5.74, 6) is 0.0285. The molecule has 1 aliphatic rings. The molecule has 1 amide bonds. The molecule has 0 atom stereocenters. The van der Waals surface area contributed by atoms with Crippen LogP contribution in [0.15, 0.2) is 4.52 Å². The average molecular weight is 240 g/mol. The van der Waals surface area contributed by atoms with Gasteiger partial charge in [-0.25, -0.2) is 0 Å². The van der Waals surface area contributed by atoms with Gasteiger partial charge in [0.25, 0.3) is 17.6 Å². The molecule has 0 bridgehead atoms. The maximum absolute atomic E-state index is 11.4. The first-order valence-electron chi connectivity index (χ1n) is 5.58. The number of carbonyl (C=O) groups excluding carboxylic acids is 1. The van der Waals surface area contributed by atoms with Gasteiger partial charge in [0.2, 0.25) is 0 Å². The largest absolute Gasteiger partial charge is 0.363 e. The molecule has 1 aromatic rings. The fourth-order valence-electron chi connectivity index (χ4n) is 1.46. The molecular weight excluding hydrogens is 224 g/mol. The van der Waals surface area contributed by atoms with Crippen LogP contribution in [0.4, 0.5) is 0 Å². The van der Waals surface area contributed by atoms with Gasteiger partial charge in [0, 0.05) is 19.6 Å². The second kappa shape index (κ2) is 4.80. The maximum atomic E-state index is 11.4. The van der Waals surface area contributed by atoms with Crippen LogP contribution in [0.2, 0.25) is 0 Å². The van der Waals surface area contributed by atoms with Crippen LogP contribution in [-0.2, 0) is 11.3 Å². The molecule has 2 N–H and O–H groups in total. The van der Waals surface area contributed by atoms with Crippen LogP contribution >= 0.6 is 0 Å². The summed E-state index contributed by atoms with van der Waals surface area (Å²) < 4.78 is 10.5. The summed E-state index contributed by atoms with van der Waals surface area (Å²) in [6.07, 6.45) is 0. The Labute approximate surface area is 98.9 Å². The minimum Gasteiger partial charge on any atom is -0.363 e. The molecule has 7 heteroatoms. The highest BCUT2D eigenvalue weighted by molar-refractivity contribution is 5.90. The van der Waals surface area contributed by atoms with Gasteiger partial charge in [-0.2, -0.15) is 4.98 Å². The number of carbonyl (C=O) groups is 1. The van der Waals surface area contributed by atoms with E-state index in [4.69, 9.17) is 9.26 Å². The van der Waals surface area contributed by atoms with Crippen LogP contribution in [0.3, 0.4) is 0 Å². The third kappa shape index (κ3) is 2.80. The molecule has 1 saturated heterocycles. The molecule has 0 spiro atoms. The monoisotopic (exact) mass is 240 g/mol. The van der Waals surface area contributed by atoms with Gasteiger partial charge < -0.3 is 19.9 Å². The number of amides is 1. The lowest BCUT2D eigenvalue weighted by Crippen LogP contribution is -2.58. The zero-order chi connectivity index (χ0) is 12.3. The Morgan fingerprint density at radius 3 is 3.00 bits per heavy atom.